The number of hydrogen-bond donors (Lipinski definition) is 1. The summed E-state index contributed by atoms with van der Waals surface area (Å²) in [5, 5.41) is 7.64. The Morgan fingerprint density at radius 3 is 2.54 bits per heavy atom. The fraction of sp³-hybridized carbons (Fsp3) is 0.500. The number of rotatable bonds is 6. The molecule has 6 heteroatoms. The van der Waals surface area contributed by atoms with E-state index in [4.69, 9.17) is 0 Å². The molecule has 24 heavy (non-hydrogen) atoms. The van der Waals surface area contributed by atoms with Crippen LogP contribution < -0.4 is 5.32 Å². The average Bonchev–Trinajstić information content (AvgIpc) is 3.03. The van der Waals surface area contributed by atoms with Crippen molar-refractivity contribution in [2.45, 2.75) is 25.8 Å². The van der Waals surface area contributed by atoms with E-state index in [1.54, 1.807) is 12.1 Å². The van der Waals surface area contributed by atoms with Gasteiger partial charge in [0.2, 0.25) is 0 Å². The monoisotopic (exact) mass is 352 g/mol. The van der Waals surface area contributed by atoms with Gasteiger partial charge in [-0.15, -0.1) is 12.4 Å². The van der Waals surface area contributed by atoms with E-state index < -0.39 is 0 Å². The van der Waals surface area contributed by atoms with Crippen LogP contribution in [0.1, 0.15) is 25.0 Å². The summed E-state index contributed by atoms with van der Waals surface area (Å²) >= 11 is 0. The van der Waals surface area contributed by atoms with Crippen LogP contribution in [0.3, 0.4) is 0 Å². The second-order valence-corrected chi connectivity index (χ2v) is 6.32. The lowest BCUT2D eigenvalue weighted by Crippen LogP contribution is -2.34. The third kappa shape index (κ3) is 4.79. The van der Waals surface area contributed by atoms with Crippen molar-refractivity contribution in [2.24, 2.45) is 5.92 Å². The first-order valence-electron chi connectivity index (χ1n) is 8.42. The fourth-order valence-electron chi connectivity index (χ4n) is 3.28. The molecule has 1 aromatic heterocycles. The van der Waals surface area contributed by atoms with Gasteiger partial charge in [-0.1, -0.05) is 0 Å². The zero-order valence-corrected chi connectivity index (χ0v) is 14.9. The molecule has 1 saturated heterocycles. The standard InChI is InChI=1S/C18H25FN4.ClH/c1-20-10-6-15-8-12-22(13-9-15)14-18-7-11-21-23(18)17-4-2-16(19)3-5-17;/h2-5,7,11,15,20H,6,8-10,12-14H2,1H3;1H. The van der Waals surface area contributed by atoms with Gasteiger partial charge in [-0.3, -0.25) is 4.90 Å². The fourth-order valence-corrected chi connectivity index (χ4v) is 3.28. The lowest BCUT2D eigenvalue weighted by molar-refractivity contribution is 0.169. The maximum Gasteiger partial charge on any atom is 0.123 e. The van der Waals surface area contributed by atoms with Crippen molar-refractivity contribution in [2.75, 3.05) is 26.7 Å². The summed E-state index contributed by atoms with van der Waals surface area (Å²) in [4.78, 5) is 2.49. The lowest BCUT2D eigenvalue weighted by atomic mass is 9.93. The normalized spacial score (nSPS) is 16.1. The number of likely N-dealkylation sites (tertiary alicyclic amines) is 1. The second-order valence-electron chi connectivity index (χ2n) is 6.32. The molecule has 1 aromatic carbocycles. The predicted octanol–water partition coefficient (Wildman–Crippen LogP) is 3.25. The third-order valence-corrected chi connectivity index (χ3v) is 4.69. The molecule has 132 valence electrons. The molecule has 1 N–H and O–H groups in total. The van der Waals surface area contributed by atoms with E-state index in [9.17, 15) is 4.39 Å². The highest BCUT2D eigenvalue weighted by Crippen LogP contribution is 2.22. The Morgan fingerprint density at radius 2 is 1.88 bits per heavy atom. The van der Waals surface area contributed by atoms with E-state index in [2.05, 4.69) is 21.4 Å². The Labute approximate surface area is 149 Å². The molecular formula is C18H26ClFN4. The summed E-state index contributed by atoms with van der Waals surface area (Å²) < 4.78 is 15.0. The van der Waals surface area contributed by atoms with Crippen LogP contribution in [-0.2, 0) is 6.54 Å². The zero-order chi connectivity index (χ0) is 16.1. The maximum atomic E-state index is 13.1. The molecule has 0 bridgehead atoms. The molecule has 0 aliphatic carbocycles. The number of aromatic nitrogens is 2. The molecule has 1 aliphatic heterocycles. The van der Waals surface area contributed by atoms with Crippen molar-refractivity contribution in [3.8, 4) is 5.69 Å². The van der Waals surface area contributed by atoms with E-state index in [-0.39, 0.29) is 18.2 Å². The SMILES string of the molecule is CNCCC1CCN(Cc2ccnn2-c2ccc(F)cc2)CC1.Cl. The Balaban J connectivity index is 0.00000208. The van der Waals surface area contributed by atoms with Crippen molar-refractivity contribution in [3.05, 3.63) is 48.0 Å². The average molecular weight is 353 g/mol. The first-order valence-corrected chi connectivity index (χ1v) is 8.42. The van der Waals surface area contributed by atoms with Crippen LogP contribution in [0.25, 0.3) is 5.69 Å². The number of hydrogen-bond acceptors (Lipinski definition) is 3. The minimum Gasteiger partial charge on any atom is -0.320 e. The van der Waals surface area contributed by atoms with E-state index >= 15 is 0 Å². The van der Waals surface area contributed by atoms with Gasteiger partial charge in [0.05, 0.1) is 11.4 Å². The Kier molecular flexibility index (Phi) is 7.21. The first-order chi connectivity index (χ1) is 11.3. The summed E-state index contributed by atoms with van der Waals surface area (Å²) in [6, 6.07) is 8.56. The molecule has 0 atom stereocenters. The highest BCUT2D eigenvalue weighted by Gasteiger charge is 2.20. The van der Waals surface area contributed by atoms with Gasteiger partial charge in [-0.25, -0.2) is 9.07 Å². The molecule has 4 nitrogen and oxygen atoms in total. The molecule has 1 aliphatic rings. The van der Waals surface area contributed by atoms with Gasteiger partial charge in [0.25, 0.3) is 0 Å². The quantitative estimate of drug-likeness (QED) is 0.866. The summed E-state index contributed by atoms with van der Waals surface area (Å²) in [5.41, 5.74) is 2.07. The van der Waals surface area contributed by atoms with Crippen LogP contribution in [0, 0.1) is 11.7 Å². The smallest absolute Gasteiger partial charge is 0.123 e. The van der Waals surface area contributed by atoms with Crippen LogP contribution in [0.15, 0.2) is 36.5 Å². The van der Waals surface area contributed by atoms with E-state index in [1.165, 1.54) is 31.4 Å². The minimum absolute atomic E-state index is 0. The number of benzene rings is 1. The third-order valence-electron chi connectivity index (χ3n) is 4.69. The summed E-state index contributed by atoms with van der Waals surface area (Å²) in [5.74, 6) is 0.631. The summed E-state index contributed by atoms with van der Waals surface area (Å²) in [7, 11) is 2.02. The molecule has 0 spiro atoms. The Morgan fingerprint density at radius 1 is 1.17 bits per heavy atom. The molecule has 0 saturated carbocycles. The van der Waals surface area contributed by atoms with E-state index in [1.807, 2.05) is 17.9 Å². The van der Waals surface area contributed by atoms with Crippen LogP contribution >= 0.6 is 12.4 Å². The van der Waals surface area contributed by atoms with Crippen molar-refractivity contribution >= 4 is 12.4 Å². The summed E-state index contributed by atoms with van der Waals surface area (Å²) in [6.45, 7) is 4.30. The van der Waals surface area contributed by atoms with Gasteiger partial charge in [0.1, 0.15) is 5.82 Å². The van der Waals surface area contributed by atoms with Gasteiger partial charge in [-0.2, -0.15) is 5.10 Å². The second kappa shape index (κ2) is 9.16. The van der Waals surface area contributed by atoms with Gasteiger partial charge in [-0.05, 0) is 82.2 Å². The van der Waals surface area contributed by atoms with Crippen LogP contribution in [0.2, 0.25) is 0 Å². The number of nitrogens with zero attached hydrogens (tertiary/aromatic N) is 3. The van der Waals surface area contributed by atoms with Crippen LogP contribution in [0.5, 0.6) is 0 Å². The molecule has 0 amide bonds. The summed E-state index contributed by atoms with van der Waals surface area (Å²) in [6.07, 6.45) is 5.63. The van der Waals surface area contributed by atoms with Crippen molar-refractivity contribution < 1.29 is 4.39 Å². The van der Waals surface area contributed by atoms with Gasteiger partial charge in [0.15, 0.2) is 0 Å². The minimum atomic E-state index is -0.217. The van der Waals surface area contributed by atoms with E-state index in [0.717, 1.165) is 43.5 Å². The van der Waals surface area contributed by atoms with Gasteiger partial charge in [0, 0.05) is 12.7 Å². The molecule has 3 rings (SSSR count). The molecule has 0 radical (unpaired) electrons. The number of piperidine rings is 1. The molecular weight excluding hydrogens is 327 g/mol. The topological polar surface area (TPSA) is 33.1 Å². The van der Waals surface area contributed by atoms with Gasteiger partial charge < -0.3 is 5.32 Å². The molecule has 2 aromatic rings. The van der Waals surface area contributed by atoms with Crippen molar-refractivity contribution in [1.82, 2.24) is 20.0 Å². The van der Waals surface area contributed by atoms with Crippen molar-refractivity contribution in [1.29, 1.82) is 0 Å². The zero-order valence-electron chi connectivity index (χ0n) is 14.1. The van der Waals surface area contributed by atoms with Gasteiger partial charge >= 0.3 is 0 Å². The van der Waals surface area contributed by atoms with E-state index in [0.29, 0.717) is 0 Å². The number of halogens is 2. The Hall–Kier alpha value is -1.43. The highest BCUT2D eigenvalue weighted by molar-refractivity contribution is 5.85. The highest BCUT2D eigenvalue weighted by atomic mass is 35.5. The first kappa shape index (κ1) is 18.9. The predicted molar refractivity (Wildman–Crippen MR) is 97.3 cm³/mol. The van der Waals surface area contributed by atoms with Crippen LogP contribution in [-0.4, -0.2) is 41.4 Å². The van der Waals surface area contributed by atoms with Crippen molar-refractivity contribution in [3.63, 3.8) is 0 Å². The molecule has 0 unspecified atom stereocenters. The lowest BCUT2D eigenvalue weighted by Gasteiger charge is -2.32. The Bertz CT molecular complexity index is 606. The molecule has 1 fully saturated rings. The largest absolute Gasteiger partial charge is 0.320 e. The number of nitrogens with one attached hydrogen (secondary N) is 1. The molecule has 2 heterocycles. The van der Waals surface area contributed by atoms with Crippen LogP contribution in [0.4, 0.5) is 4.39 Å². The maximum absolute atomic E-state index is 13.1.